The Labute approximate surface area is 104 Å². The zero-order valence-electron chi connectivity index (χ0n) is 10.8. The van der Waals surface area contributed by atoms with E-state index in [9.17, 15) is 0 Å². The van der Waals surface area contributed by atoms with Crippen molar-refractivity contribution in [3.05, 3.63) is 35.9 Å². The highest BCUT2D eigenvalue weighted by Crippen LogP contribution is 2.49. The number of rotatable bonds is 6. The largest absolute Gasteiger partial charge is 0.377 e. The van der Waals surface area contributed by atoms with Gasteiger partial charge in [0, 0.05) is 12.6 Å². The number of hydrogen-bond donors (Lipinski definition) is 1. The Kier molecular flexibility index (Phi) is 4.19. The van der Waals surface area contributed by atoms with Crippen molar-refractivity contribution in [3.63, 3.8) is 0 Å². The van der Waals surface area contributed by atoms with Crippen LogP contribution in [0, 0.1) is 5.92 Å². The van der Waals surface area contributed by atoms with E-state index in [1.165, 1.54) is 12.0 Å². The highest BCUT2D eigenvalue weighted by atomic mass is 16.5. The smallest absolute Gasteiger partial charge is 0.0726 e. The maximum atomic E-state index is 6.32. The molecule has 2 N–H and O–H groups in total. The van der Waals surface area contributed by atoms with E-state index in [0.29, 0.717) is 11.8 Å². The zero-order valence-corrected chi connectivity index (χ0v) is 10.8. The van der Waals surface area contributed by atoms with Crippen LogP contribution in [0.25, 0.3) is 0 Å². The lowest BCUT2D eigenvalue weighted by atomic mass is 10.0. The van der Waals surface area contributed by atoms with Crippen molar-refractivity contribution in [1.29, 1.82) is 0 Å². The predicted octanol–water partition coefficient (Wildman–Crippen LogP) is 2.93. The Morgan fingerprint density at radius 2 is 2.00 bits per heavy atom. The monoisotopic (exact) mass is 233 g/mol. The Morgan fingerprint density at radius 3 is 2.59 bits per heavy atom. The van der Waals surface area contributed by atoms with E-state index in [1.54, 1.807) is 0 Å². The summed E-state index contributed by atoms with van der Waals surface area (Å²) in [7, 11) is 0. The summed E-state index contributed by atoms with van der Waals surface area (Å²) in [5.74, 6) is 1.26. The summed E-state index contributed by atoms with van der Waals surface area (Å²) in [5.41, 5.74) is 7.75. The van der Waals surface area contributed by atoms with Gasteiger partial charge in [0.2, 0.25) is 0 Å². The molecule has 0 bridgehead atoms. The number of hydrogen-bond acceptors (Lipinski definition) is 2. The molecule has 0 aromatic heterocycles. The van der Waals surface area contributed by atoms with Crippen LogP contribution < -0.4 is 5.73 Å². The van der Waals surface area contributed by atoms with Gasteiger partial charge in [0.05, 0.1) is 6.10 Å². The molecule has 1 aliphatic carbocycles. The second-order valence-electron chi connectivity index (χ2n) is 4.90. The van der Waals surface area contributed by atoms with Crippen molar-refractivity contribution in [2.45, 2.75) is 44.8 Å². The second-order valence-corrected chi connectivity index (χ2v) is 4.90. The molecule has 4 atom stereocenters. The summed E-state index contributed by atoms with van der Waals surface area (Å²) in [6.07, 6.45) is 2.45. The van der Waals surface area contributed by atoms with Gasteiger partial charge < -0.3 is 10.5 Å². The van der Waals surface area contributed by atoms with Crippen LogP contribution in [0.15, 0.2) is 30.3 Å². The molecule has 0 radical (unpaired) electrons. The first kappa shape index (κ1) is 12.6. The molecule has 2 rings (SSSR count). The van der Waals surface area contributed by atoms with Crippen LogP contribution in [0.5, 0.6) is 0 Å². The first-order chi connectivity index (χ1) is 8.27. The van der Waals surface area contributed by atoms with Gasteiger partial charge in [-0.3, -0.25) is 0 Å². The van der Waals surface area contributed by atoms with Gasteiger partial charge in [0.15, 0.2) is 0 Å². The standard InChI is InChI=1S/C15H23NO/c1-3-14(17-4-2)15(16)13-10-12(13)11-8-6-5-7-9-11/h5-9,12-15H,3-4,10,16H2,1-2H3. The molecular formula is C15H23NO. The molecular weight excluding hydrogens is 210 g/mol. The Hall–Kier alpha value is -0.860. The molecule has 4 unspecified atom stereocenters. The molecule has 94 valence electrons. The lowest BCUT2D eigenvalue weighted by Gasteiger charge is -2.22. The summed E-state index contributed by atoms with van der Waals surface area (Å²) in [4.78, 5) is 0. The van der Waals surface area contributed by atoms with E-state index in [0.717, 1.165) is 13.0 Å². The summed E-state index contributed by atoms with van der Waals surface area (Å²) >= 11 is 0. The van der Waals surface area contributed by atoms with Crippen LogP contribution in [-0.4, -0.2) is 18.8 Å². The maximum absolute atomic E-state index is 6.32. The fraction of sp³-hybridized carbons (Fsp3) is 0.600. The topological polar surface area (TPSA) is 35.2 Å². The fourth-order valence-corrected chi connectivity index (χ4v) is 2.71. The first-order valence-corrected chi connectivity index (χ1v) is 6.70. The summed E-state index contributed by atoms with van der Waals surface area (Å²) in [6, 6.07) is 10.9. The minimum atomic E-state index is 0.185. The van der Waals surface area contributed by atoms with Gasteiger partial charge >= 0.3 is 0 Å². The summed E-state index contributed by atoms with van der Waals surface area (Å²) in [6.45, 7) is 4.95. The van der Waals surface area contributed by atoms with Gasteiger partial charge in [-0.15, -0.1) is 0 Å². The predicted molar refractivity (Wildman–Crippen MR) is 71.0 cm³/mol. The molecule has 1 fully saturated rings. The van der Waals surface area contributed by atoms with Crippen LogP contribution in [0.4, 0.5) is 0 Å². The second kappa shape index (κ2) is 5.65. The highest BCUT2D eigenvalue weighted by Gasteiger charge is 2.44. The summed E-state index contributed by atoms with van der Waals surface area (Å²) in [5, 5.41) is 0. The molecule has 2 heteroatoms. The Bertz CT molecular complexity index is 338. The summed E-state index contributed by atoms with van der Waals surface area (Å²) < 4.78 is 5.71. The molecule has 0 spiro atoms. The van der Waals surface area contributed by atoms with Crippen molar-refractivity contribution in [1.82, 2.24) is 0 Å². The van der Waals surface area contributed by atoms with Gasteiger partial charge in [-0.05, 0) is 37.2 Å². The van der Waals surface area contributed by atoms with Crippen molar-refractivity contribution in [3.8, 4) is 0 Å². The Morgan fingerprint density at radius 1 is 1.29 bits per heavy atom. The van der Waals surface area contributed by atoms with E-state index in [1.807, 2.05) is 6.92 Å². The molecule has 17 heavy (non-hydrogen) atoms. The van der Waals surface area contributed by atoms with Crippen LogP contribution in [0.1, 0.15) is 38.2 Å². The minimum Gasteiger partial charge on any atom is -0.377 e. The molecule has 2 nitrogen and oxygen atoms in total. The average Bonchev–Trinajstić information content (AvgIpc) is 3.16. The van der Waals surface area contributed by atoms with Gasteiger partial charge in [-0.2, -0.15) is 0 Å². The Balaban J connectivity index is 1.93. The number of benzene rings is 1. The highest BCUT2D eigenvalue weighted by molar-refractivity contribution is 5.26. The third kappa shape index (κ3) is 2.88. The van der Waals surface area contributed by atoms with Crippen LogP contribution in [0.2, 0.25) is 0 Å². The maximum Gasteiger partial charge on any atom is 0.0726 e. The van der Waals surface area contributed by atoms with Gasteiger partial charge in [0.1, 0.15) is 0 Å². The van der Waals surface area contributed by atoms with Gasteiger partial charge in [0.25, 0.3) is 0 Å². The quantitative estimate of drug-likeness (QED) is 0.820. The molecule has 1 saturated carbocycles. The van der Waals surface area contributed by atoms with Crippen molar-refractivity contribution in [2.24, 2.45) is 11.7 Å². The lowest BCUT2D eigenvalue weighted by molar-refractivity contribution is 0.0360. The van der Waals surface area contributed by atoms with Crippen molar-refractivity contribution in [2.75, 3.05) is 6.61 Å². The molecule has 0 amide bonds. The minimum absolute atomic E-state index is 0.185. The first-order valence-electron chi connectivity index (χ1n) is 6.70. The van der Waals surface area contributed by atoms with Gasteiger partial charge in [-0.1, -0.05) is 37.3 Å². The molecule has 1 aromatic rings. The third-order valence-corrected chi connectivity index (χ3v) is 3.77. The van der Waals surface area contributed by atoms with E-state index in [4.69, 9.17) is 10.5 Å². The van der Waals surface area contributed by atoms with Crippen LogP contribution in [0.3, 0.4) is 0 Å². The molecule has 0 aliphatic heterocycles. The average molecular weight is 233 g/mol. The molecule has 1 aliphatic rings. The van der Waals surface area contributed by atoms with Gasteiger partial charge in [-0.25, -0.2) is 0 Å². The third-order valence-electron chi connectivity index (χ3n) is 3.77. The van der Waals surface area contributed by atoms with Crippen LogP contribution >= 0.6 is 0 Å². The fourth-order valence-electron chi connectivity index (χ4n) is 2.71. The zero-order chi connectivity index (χ0) is 12.3. The lowest BCUT2D eigenvalue weighted by Crippen LogP contribution is -2.38. The normalized spacial score (nSPS) is 26.5. The van der Waals surface area contributed by atoms with E-state index in [-0.39, 0.29) is 12.1 Å². The molecule has 0 heterocycles. The van der Waals surface area contributed by atoms with Crippen molar-refractivity contribution >= 4 is 0 Å². The van der Waals surface area contributed by atoms with E-state index >= 15 is 0 Å². The van der Waals surface area contributed by atoms with E-state index in [2.05, 4.69) is 37.3 Å². The van der Waals surface area contributed by atoms with Crippen molar-refractivity contribution < 1.29 is 4.74 Å². The molecule has 0 saturated heterocycles. The van der Waals surface area contributed by atoms with Crippen LogP contribution in [-0.2, 0) is 4.74 Å². The number of ether oxygens (including phenoxy) is 1. The van der Waals surface area contributed by atoms with E-state index < -0.39 is 0 Å². The number of nitrogens with two attached hydrogens (primary N) is 1. The SMILES string of the molecule is CCOC(CC)C(N)C1CC1c1ccccc1. The molecule has 1 aromatic carbocycles.